The van der Waals surface area contributed by atoms with Crippen LogP contribution >= 0.6 is 0 Å². The van der Waals surface area contributed by atoms with Crippen molar-refractivity contribution in [3.05, 3.63) is 109 Å². The molecule has 38 heavy (non-hydrogen) atoms. The number of anilines is 3. The van der Waals surface area contributed by atoms with E-state index in [2.05, 4.69) is 20.8 Å². The highest BCUT2D eigenvalue weighted by Crippen LogP contribution is 2.30. The summed E-state index contributed by atoms with van der Waals surface area (Å²) in [4.78, 5) is 12.4. The number of carbonyl (C=O) groups is 1. The van der Waals surface area contributed by atoms with E-state index in [1.54, 1.807) is 11.6 Å². The van der Waals surface area contributed by atoms with Crippen molar-refractivity contribution in [3.63, 3.8) is 0 Å². The lowest BCUT2D eigenvalue weighted by Gasteiger charge is -2.12. The topological polar surface area (TPSA) is 93.4 Å². The van der Waals surface area contributed by atoms with Gasteiger partial charge in [0.1, 0.15) is 5.75 Å². The van der Waals surface area contributed by atoms with Gasteiger partial charge in [0.25, 0.3) is 0 Å². The number of aromatic nitrogens is 4. The summed E-state index contributed by atoms with van der Waals surface area (Å²) in [6.45, 7) is 0. The summed E-state index contributed by atoms with van der Waals surface area (Å²) >= 11 is 0. The van der Waals surface area contributed by atoms with Gasteiger partial charge in [-0.15, -0.1) is 15.3 Å². The van der Waals surface area contributed by atoms with E-state index in [9.17, 15) is 4.79 Å². The smallest absolute Gasteiger partial charge is 0.228 e. The number of rotatable bonds is 7. The summed E-state index contributed by atoms with van der Waals surface area (Å²) in [6, 6.07) is 32.8. The minimum absolute atomic E-state index is 0.0614. The van der Waals surface area contributed by atoms with Crippen LogP contribution in [0.1, 0.15) is 5.56 Å². The molecule has 8 heteroatoms. The molecule has 0 atom stereocenters. The van der Waals surface area contributed by atoms with E-state index in [1.807, 2.05) is 103 Å². The second-order valence-electron chi connectivity index (χ2n) is 8.79. The molecule has 0 radical (unpaired) electrons. The maximum Gasteiger partial charge on any atom is 0.228 e. The Morgan fingerprint density at radius 2 is 1.47 bits per heavy atom. The Labute approximate surface area is 218 Å². The molecule has 0 saturated heterocycles. The van der Waals surface area contributed by atoms with Crippen LogP contribution < -0.4 is 15.4 Å². The fourth-order valence-corrected chi connectivity index (χ4v) is 4.35. The van der Waals surface area contributed by atoms with Crippen molar-refractivity contribution in [2.75, 3.05) is 17.7 Å². The van der Waals surface area contributed by atoms with Gasteiger partial charge in [-0.05, 0) is 54.1 Å². The number of nitrogens with zero attached hydrogens (tertiary/aromatic N) is 4. The standard InChI is InChI=1S/C30H24N6O2/c1-38-24-17-11-21(12-18-24)29-33-34-30-26-10-6-5-9-25(26)28(35-36(29)30)32-23-15-13-22(14-16-23)31-27(37)19-20-7-3-2-4-8-20/h2-18H,19H2,1H3,(H,31,37)(H,32,35). The first-order valence-electron chi connectivity index (χ1n) is 12.2. The van der Waals surface area contributed by atoms with E-state index < -0.39 is 0 Å². The molecule has 6 aromatic rings. The third-order valence-electron chi connectivity index (χ3n) is 6.25. The number of methoxy groups -OCH3 is 1. The second-order valence-corrected chi connectivity index (χ2v) is 8.79. The Kier molecular flexibility index (Phi) is 6.11. The number of benzene rings is 4. The fraction of sp³-hybridized carbons (Fsp3) is 0.0667. The van der Waals surface area contributed by atoms with Crippen LogP contribution in [-0.2, 0) is 11.2 Å². The van der Waals surface area contributed by atoms with Gasteiger partial charge in [-0.2, -0.15) is 4.52 Å². The third-order valence-corrected chi connectivity index (χ3v) is 6.25. The molecule has 1 amide bonds. The zero-order valence-corrected chi connectivity index (χ0v) is 20.6. The van der Waals surface area contributed by atoms with Crippen LogP contribution in [0.15, 0.2) is 103 Å². The van der Waals surface area contributed by atoms with Crippen LogP contribution in [0.3, 0.4) is 0 Å². The van der Waals surface area contributed by atoms with Gasteiger partial charge < -0.3 is 15.4 Å². The zero-order chi connectivity index (χ0) is 25.9. The minimum Gasteiger partial charge on any atom is -0.497 e. The molecule has 0 saturated carbocycles. The van der Waals surface area contributed by atoms with E-state index in [4.69, 9.17) is 9.84 Å². The number of nitrogens with one attached hydrogen (secondary N) is 2. The average Bonchev–Trinajstić information content (AvgIpc) is 3.39. The summed E-state index contributed by atoms with van der Waals surface area (Å²) < 4.78 is 7.04. The van der Waals surface area contributed by atoms with Crippen LogP contribution in [0.5, 0.6) is 5.75 Å². The largest absolute Gasteiger partial charge is 0.497 e. The Balaban J connectivity index is 1.28. The van der Waals surface area contributed by atoms with Gasteiger partial charge in [-0.1, -0.05) is 54.6 Å². The van der Waals surface area contributed by atoms with Gasteiger partial charge in [0.2, 0.25) is 5.91 Å². The molecule has 0 unspecified atom stereocenters. The van der Waals surface area contributed by atoms with Crippen molar-refractivity contribution < 1.29 is 9.53 Å². The lowest BCUT2D eigenvalue weighted by Crippen LogP contribution is -2.14. The van der Waals surface area contributed by atoms with Crippen LogP contribution in [0, 0.1) is 0 Å². The molecule has 2 aromatic heterocycles. The summed E-state index contributed by atoms with van der Waals surface area (Å²) in [5.74, 6) is 2.01. The van der Waals surface area contributed by atoms with Crippen LogP contribution in [0.4, 0.5) is 17.2 Å². The Hall–Kier alpha value is -5.24. The number of ether oxygens (including phenoxy) is 1. The molecule has 2 N–H and O–H groups in total. The van der Waals surface area contributed by atoms with E-state index in [0.29, 0.717) is 23.7 Å². The van der Waals surface area contributed by atoms with Gasteiger partial charge in [0, 0.05) is 27.7 Å². The molecule has 0 spiro atoms. The van der Waals surface area contributed by atoms with Crippen molar-refractivity contribution >= 4 is 39.5 Å². The summed E-state index contributed by atoms with van der Waals surface area (Å²) in [5, 5.41) is 22.0. The molecule has 0 aliphatic carbocycles. The van der Waals surface area contributed by atoms with E-state index in [1.165, 1.54) is 0 Å². The number of amides is 1. The second kappa shape index (κ2) is 10.0. The van der Waals surface area contributed by atoms with Gasteiger partial charge >= 0.3 is 0 Å². The van der Waals surface area contributed by atoms with Crippen molar-refractivity contribution in [2.24, 2.45) is 0 Å². The van der Waals surface area contributed by atoms with Crippen LogP contribution in [0.2, 0.25) is 0 Å². The molecule has 0 aliphatic rings. The summed E-state index contributed by atoms with van der Waals surface area (Å²) in [7, 11) is 1.64. The first-order valence-corrected chi connectivity index (χ1v) is 12.2. The highest BCUT2D eigenvalue weighted by Gasteiger charge is 2.16. The summed E-state index contributed by atoms with van der Waals surface area (Å²) in [6.07, 6.45) is 0.326. The average molecular weight is 501 g/mol. The molecular formula is C30H24N6O2. The van der Waals surface area contributed by atoms with Crippen molar-refractivity contribution in [3.8, 4) is 17.1 Å². The molecule has 0 aliphatic heterocycles. The molecular weight excluding hydrogens is 476 g/mol. The highest BCUT2D eigenvalue weighted by atomic mass is 16.5. The van der Waals surface area contributed by atoms with Gasteiger partial charge in [-0.3, -0.25) is 4.79 Å². The molecule has 4 aromatic carbocycles. The zero-order valence-electron chi connectivity index (χ0n) is 20.6. The Morgan fingerprint density at radius 1 is 0.789 bits per heavy atom. The van der Waals surface area contributed by atoms with E-state index >= 15 is 0 Å². The molecule has 8 nitrogen and oxygen atoms in total. The van der Waals surface area contributed by atoms with Crippen LogP contribution in [0.25, 0.3) is 27.8 Å². The fourth-order valence-electron chi connectivity index (χ4n) is 4.35. The highest BCUT2D eigenvalue weighted by molar-refractivity contribution is 6.01. The predicted molar refractivity (Wildman–Crippen MR) is 149 cm³/mol. The molecule has 0 fully saturated rings. The molecule has 2 heterocycles. The SMILES string of the molecule is COc1ccc(-c2nnc3c4ccccc4c(Nc4ccc(NC(=O)Cc5ccccc5)cc4)nn23)cc1. The predicted octanol–water partition coefficient (Wildman–Crippen LogP) is 5.88. The number of carbonyl (C=O) groups excluding carboxylic acids is 1. The Morgan fingerprint density at radius 3 is 2.21 bits per heavy atom. The number of fused-ring (bicyclic) bond motifs is 3. The first-order chi connectivity index (χ1) is 18.7. The lowest BCUT2D eigenvalue weighted by atomic mass is 10.1. The Bertz CT molecular complexity index is 1730. The normalized spacial score (nSPS) is 11.0. The molecule has 186 valence electrons. The first kappa shape index (κ1) is 23.2. The lowest BCUT2D eigenvalue weighted by molar-refractivity contribution is -0.115. The van der Waals surface area contributed by atoms with E-state index in [-0.39, 0.29) is 5.91 Å². The third kappa shape index (κ3) is 4.62. The summed E-state index contributed by atoms with van der Waals surface area (Å²) in [5.41, 5.74) is 4.09. The van der Waals surface area contributed by atoms with Gasteiger partial charge in [0.05, 0.1) is 13.5 Å². The maximum absolute atomic E-state index is 12.4. The van der Waals surface area contributed by atoms with Crippen molar-refractivity contribution in [1.82, 2.24) is 19.8 Å². The number of hydrogen-bond donors (Lipinski definition) is 2. The van der Waals surface area contributed by atoms with Crippen molar-refractivity contribution in [2.45, 2.75) is 6.42 Å². The molecule has 6 rings (SSSR count). The monoisotopic (exact) mass is 500 g/mol. The van der Waals surface area contributed by atoms with Gasteiger partial charge in [-0.25, -0.2) is 0 Å². The maximum atomic E-state index is 12.4. The quantitative estimate of drug-likeness (QED) is 0.284. The van der Waals surface area contributed by atoms with Crippen LogP contribution in [-0.4, -0.2) is 32.8 Å². The van der Waals surface area contributed by atoms with Crippen molar-refractivity contribution in [1.29, 1.82) is 0 Å². The van der Waals surface area contributed by atoms with Gasteiger partial charge in [0.15, 0.2) is 17.3 Å². The molecule has 0 bridgehead atoms. The van der Waals surface area contributed by atoms with E-state index in [0.717, 1.165) is 39.0 Å². The minimum atomic E-state index is -0.0614. The number of hydrogen-bond acceptors (Lipinski definition) is 6.